The largest absolute Gasteiger partial charge is 0.465 e. The van der Waals surface area contributed by atoms with Gasteiger partial charge in [-0.3, -0.25) is 9.36 Å². The lowest BCUT2D eigenvalue weighted by atomic mass is 10.1. The number of unbranched alkanes of at least 4 members (excludes halogenated alkanes) is 1. The zero-order valence-electron chi connectivity index (χ0n) is 13.5. The van der Waals surface area contributed by atoms with E-state index in [2.05, 4.69) is 5.09 Å². The number of carbonyl (C=O) groups is 1. The molecule has 124 valence electrons. The van der Waals surface area contributed by atoms with Crippen molar-refractivity contribution in [3.63, 3.8) is 0 Å². The molecular weight excluding hydrogens is 313 g/mol. The first-order valence-electron chi connectivity index (χ1n) is 7.67. The van der Waals surface area contributed by atoms with Crippen molar-refractivity contribution in [2.45, 2.75) is 19.8 Å². The Kier molecular flexibility index (Phi) is 6.20. The van der Waals surface area contributed by atoms with Crippen LogP contribution in [-0.2, 0) is 14.1 Å². The Balaban J connectivity index is 1.97. The summed E-state index contributed by atoms with van der Waals surface area (Å²) < 4.78 is 23.2. The standard InChI is InChI=1S/C17H22NO4P/c1-3-4-12-21-17(19)13-18-23(2,20)22-16-11-7-9-14-8-5-6-10-15(14)16/h5-11H,3-4,12-13H2,1-2H3,(H,18,20). The van der Waals surface area contributed by atoms with Gasteiger partial charge in [-0.05, 0) is 17.9 Å². The average Bonchev–Trinajstić information content (AvgIpc) is 2.53. The molecule has 1 unspecified atom stereocenters. The zero-order valence-corrected chi connectivity index (χ0v) is 14.3. The number of rotatable bonds is 8. The topological polar surface area (TPSA) is 64.6 Å². The predicted molar refractivity (Wildman–Crippen MR) is 92.0 cm³/mol. The van der Waals surface area contributed by atoms with E-state index in [0.717, 1.165) is 23.6 Å². The Labute approximate surface area is 136 Å². The summed E-state index contributed by atoms with van der Waals surface area (Å²) in [6.45, 7) is 3.72. The van der Waals surface area contributed by atoms with Crippen molar-refractivity contribution < 1.29 is 18.6 Å². The van der Waals surface area contributed by atoms with Crippen LogP contribution < -0.4 is 9.61 Å². The van der Waals surface area contributed by atoms with Crippen LogP contribution in [0.25, 0.3) is 10.8 Å². The summed E-state index contributed by atoms with van der Waals surface area (Å²) in [4.78, 5) is 11.6. The van der Waals surface area contributed by atoms with Gasteiger partial charge in [-0.2, -0.15) is 0 Å². The third-order valence-corrected chi connectivity index (χ3v) is 4.57. The summed E-state index contributed by atoms with van der Waals surface area (Å²) in [6.07, 6.45) is 1.78. The van der Waals surface area contributed by atoms with Gasteiger partial charge >= 0.3 is 13.5 Å². The summed E-state index contributed by atoms with van der Waals surface area (Å²) in [6, 6.07) is 13.3. The van der Waals surface area contributed by atoms with E-state index in [1.54, 1.807) is 6.07 Å². The maximum absolute atomic E-state index is 12.5. The van der Waals surface area contributed by atoms with Crippen LogP contribution in [0.1, 0.15) is 19.8 Å². The van der Waals surface area contributed by atoms with Gasteiger partial charge in [0.05, 0.1) is 6.61 Å². The van der Waals surface area contributed by atoms with E-state index in [9.17, 15) is 9.36 Å². The lowest BCUT2D eigenvalue weighted by Gasteiger charge is -2.17. The number of fused-ring (bicyclic) bond motifs is 1. The minimum absolute atomic E-state index is 0.137. The first-order chi connectivity index (χ1) is 11.0. The summed E-state index contributed by atoms with van der Waals surface area (Å²) in [5.41, 5.74) is 0. The number of nitrogens with one attached hydrogen (secondary N) is 1. The fraction of sp³-hybridized carbons (Fsp3) is 0.353. The van der Waals surface area contributed by atoms with Crippen LogP contribution in [0.5, 0.6) is 5.75 Å². The van der Waals surface area contributed by atoms with Crippen molar-refractivity contribution in [2.75, 3.05) is 19.8 Å². The second-order valence-corrected chi connectivity index (χ2v) is 7.51. The molecule has 0 aliphatic rings. The minimum Gasteiger partial charge on any atom is -0.465 e. The molecule has 1 atom stereocenters. The Morgan fingerprint density at radius 2 is 1.91 bits per heavy atom. The maximum Gasteiger partial charge on any atom is 0.320 e. The third-order valence-electron chi connectivity index (χ3n) is 3.29. The van der Waals surface area contributed by atoms with Gasteiger partial charge in [0.2, 0.25) is 0 Å². The predicted octanol–water partition coefficient (Wildman–Crippen LogP) is 3.97. The molecule has 0 spiro atoms. The van der Waals surface area contributed by atoms with E-state index < -0.39 is 13.5 Å². The van der Waals surface area contributed by atoms with E-state index in [4.69, 9.17) is 9.26 Å². The lowest BCUT2D eigenvalue weighted by molar-refractivity contribution is -0.142. The molecule has 23 heavy (non-hydrogen) atoms. The second kappa shape index (κ2) is 8.14. The number of ether oxygens (including phenoxy) is 1. The van der Waals surface area contributed by atoms with E-state index >= 15 is 0 Å². The first-order valence-corrected chi connectivity index (χ1v) is 9.74. The third kappa shape index (κ3) is 5.38. The van der Waals surface area contributed by atoms with Gasteiger partial charge in [0.1, 0.15) is 12.3 Å². The molecule has 0 saturated carbocycles. The number of benzene rings is 2. The molecule has 0 saturated heterocycles. The van der Waals surface area contributed by atoms with Gasteiger partial charge in [-0.1, -0.05) is 49.7 Å². The molecular formula is C17H22NO4P. The number of esters is 1. The highest BCUT2D eigenvalue weighted by Crippen LogP contribution is 2.41. The summed E-state index contributed by atoms with van der Waals surface area (Å²) in [5, 5.41) is 4.54. The molecule has 6 heteroatoms. The highest BCUT2D eigenvalue weighted by atomic mass is 31.2. The van der Waals surface area contributed by atoms with Crippen LogP contribution in [-0.4, -0.2) is 25.8 Å². The van der Waals surface area contributed by atoms with Crippen LogP contribution in [0.4, 0.5) is 0 Å². The fourth-order valence-corrected chi connectivity index (χ4v) is 3.10. The van der Waals surface area contributed by atoms with Crippen molar-refractivity contribution in [3.8, 4) is 5.75 Å². The Bertz CT molecular complexity index is 711. The van der Waals surface area contributed by atoms with Gasteiger partial charge in [-0.25, -0.2) is 5.09 Å². The molecule has 2 rings (SSSR count). The minimum atomic E-state index is -3.16. The molecule has 2 aromatic carbocycles. The molecule has 0 aliphatic carbocycles. The first kappa shape index (κ1) is 17.5. The molecule has 0 amide bonds. The number of hydrogen-bond donors (Lipinski definition) is 1. The van der Waals surface area contributed by atoms with E-state index in [0.29, 0.717) is 12.4 Å². The monoisotopic (exact) mass is 335 g/mol. The van der Waals surface area contributed by atoms with Crippen LogP contribution in [0.15, 0.2) is 42.5 Å². The van der Waals surface area contributed by atoms with Crippen molar-refractivity contribution in [3.05, 3.63) is 42.5 Å². The van der Waals surface area contributed by atoms with Gasteiger partial charge in [0, 0.05) is 12.1 Å². The summed E-state index contributed by atoms with van der Waals surface area (Å²) in [5.74, 6) is 0.0998. The Morgan fingerprint density at radius 1 is 1.17 bits per heavy atom. The van der Waals surface area contributed by atoms with E-state index in [1.807, 2.05) is 43.3 Å². The maximum atomic E-state index is 12.5. The van der Waals surface area contributed by atoms with Gasteiger partial charge < -0.3 is 9.26 Å². The smallest absolute Gasteiger partial charge is 0.320 e. The molecule has 0 aromatic heterocycles. The fourth-order valence-electron chi connectivity index (χ4n) is 2.08. The van der Waals surface area contributed by atoms with Crippen LogP contribution in [0.2, 0.25) is 0 Å². The van der Waals surface area contributed by atoms with E-state index in [1.165, 1.54) is 6.66 Å². The molecule has 0 heterocycles. The van der Waals surface area contributed by atoms with Crippen molar-refractivity contribution >= 4 is 24.3 Å². The van der Waals surface area contributed by atoms with E-state index in [-0.39, 0.29) is 6.54 Å². The second-order valence-electron chi connectivity index (χ2n) is 5.32. The molecule has 1 N–H and O–H groups in total. The number of carbonyl (C=O) groups excluding carboxylic acids is 1. The van der Waals surface area contributed by atoms with Crippen LogP contribution in [0, 0.1) is 0 Å². The lowest BCUT2D eigenvalue weighted by Crippen LogP contribution is -2.24. The van der Waals surface area contributed by atoms with Gasteiger partial charge in [-0.15, -0.1) is 0 Å². The molecule has 0 bridgehead atoms. The van der Waals surface area contributed by atoms with Gasteiger partial charge in [0.25, 0.3) is 0 Å². The molecule has 0 radical (unpaired) electrons. The number of hydrogen-bond acceptors (Lipinski definition) is 4. The highest BCUT2D eigenvalue weighted by molar-refractivity contribution is 7.56. The van der Waals surface area contributed by atoms with Crippen LogP contribution in [0.3, 0.4) is 0 Å². The molecule has 2 aromatic rings. The molecule has 0 aliphatic heterocycles. The van der Waals surface area contributed by atoms with Crippen molar-refractivity contribution in [1.82, 2.24) is 5.09 Å². The highest BCUT2D eigenvalue weighted by Gasteiger charge is 2.20. The SMILES string of the molecule is CCCCOC(=O)CNP(C)(=O)Oc1cccc2ccccc12. The summed E-state index contributed by atoms with van der Waals surface area (Å²) in [7, 11) is -3.16. The van der Waals surface area contributed by atoms with Crippen LogP contribution >= 0.6 is 7.52 Å². The van der Waals surface area contributed by atoms with Crippen molar-refractivity contribution in [2.24, 2.45) is 0 Å². The quantitative estimate of drug-likeness (QED) is 0.449. The van der Waals surface area contributed by atoms with Crippen molar-refractivity contribution in [1.29, 1.82) is 0 Å². The average molecular weight is 335 g/mol. The molecule has 5 nitrogen and oxygen atoms in total. The molecule has 0 fully saturated rings. The zero-order chi connectivity index (χ0) is 16.7. The summed E-state index contributed by atoms with van der Waals surface area (Å²) >= 11 is 0. The Hall–Kier alpha value is -1.84. The normalized spacial score (nSPS) is 13.5. The van der Waals surface area contributed by atoms with Gasteiger partial charge in [0.15, 0.2) is 0 Å². The Morgan fingerprint density at radius 3 is 2.70 bits per heavy atom.